The summed E-state index contributed by atoms with van der Waals surface area (Å²) in [5.41, 5.74) is 1.23. The van der Waals surface area contributed by atoms with Crippen molar-refractivity contribution in [3.8, 4) is 0 Å². The molecule has 1 atom stereocenters. The zero-order valence-corrected chi connectivity index (χ0v) is 17.7. The van der Waals surface area contributed by atoms with Crippen molar-refractivity contribution in [2.45, 2.75) is 70.8 Å². The third kappa shape index (κ3) is 7.35. The fourth-order valence-corrected chi connectivity index (χ4v) is 3.76. The van der Waals surface area contributed by atoms with E-state index >= 15 is 0 Å². The van der Waals surface area contributed by atoms with Crippen LogP contribution in [0, 0.1) is 0 Å². The Labute approximate surface area is 166 Å². The molecule has 0 fully saturated rings. The lowest BCUT2D eigenvalue weighted by Crippen LogP contribution is -2.14. The molecule has 0 aliphatic heterocycles. The van der Waals surface area contributed by atoms with Crippen molar-refractivity contribution in [3.05, 3.63) is 17.8 Å². The molecule has 0 amide bonds. The van der Waals surface area contributed by atoms with E-state index in [0.29, 0.717) is 22.7 Å². The second kappa shape index (κ2) is 10.9. The molecule has 152 valence electrons. The van der Waals surface area contributed by atoms with Crippen LogP contribution in [0.5, 0.6) is 0 Å². The van der Waals surface area contributed by atoms with Gasteiger partial charge in [0.05, 0.1) is 19.2 Å². The average Bonchev–Trinajstić information content (AvgIpc) is 3.04. The van der Waals surface area contributed by atoms with Gasteiger partial charge in [0.2, 0.25) is 0 Å². The van der Waals surface area contributed by atoms with E-state index in [1.54, 1.807) is 6.33 Å². The predicted octanol–water partition coefficient (Wildman–Crippen LogP) is 4.53. The molecule has 0 aliphatic rings. The van der Waals surface area contributed by atoms with Gasteiger partial charge in [0.15, 0.2) is 10.8 Å². The summed E-state index contributed by atoms with van der Waals surface area (Å²) in [7, 11) is -3.45. The van der Waals surface area contributed by atoms with Gasteiger partial charge < -0.3 is 4.57 Å². The molecule has 0 saturated carbocycles. The van der Waals surface area contributed by atoms with Crippen LogP contribution >= 0.6 is 11.6 Å². The quantitative estimate of drug-likeness (QED) is 0.271. The predicted molar refractivity (Wildman–Crippen MR) is 107 cm³/mol. The number of halogens is 1. The summed E-state index contributed by atoms with van der Waals surface area (Å²) in [6.07, 6.45) is 14.2. The van der Waals surface area contributed by atoms with E-state index in [-0.39, 0.29) is 12.6 Å². The highest BCUT2D eigenvalue weighted by Gasteiger charge is 2.17. The number of hydrogen-bond acceptors (Lipinski definition) is 6. The van der Waals surface area contributed by atoms with Crippen LogP contribution in [0.3, 0.4) is 0 Å². The maximum absolute atomic E-state index is 11.3. The first-order valence-corrected chi connectivity index (χ1v) is 11.8. The van der Waals surface area contributed by atoms with Gasteiger partial charge in [-0.2, -0.15) is 8.42 Å². The smallest absolute Gasteiger partial charge is 0.264 e. The molecule has 0 radical (unpaired) electrons. The molecular weight excluding hydrogens is 388 g/mol. The summed E-state index contributed by atoms with van der Waals surface area (Å²) in [4.78, 5) is 12.6. The Kier molecular flexibility index (Phi) is 8.92. The Balaban J connectivity index is 1.99. The van der Waals surface area contributed by atoms with E-state index in [1.165, 1.54) is 38.4 Å². The molecule has 9 heteroatoms. The number of imidazole rings is 1. The minimum atomic E-state index is -3.45. The maximum Gasteiger partial charge on any atom is 0.264 e. The van der Waals surface area contributed by atoms with E-state index in [0.717, 1.165) is 25.5 Å². The van der Waals surface area contributed by atoms with E-state index < -0.39 is 10.1 Å². The van der Waals surface area contributed by atoms with Gasteiger partial charge in [0.25, 0.3) is 10.1 Å². The molecule has 0 N–H and O–H groups in total. The fraction of sp³-hybridized carbons (Fsp3) is 0.722. The third-order valence-electron chi connectivity index (χ3n) is 4.60. The third-order valence-corrected chi connectivity index (χ3v) is 5.47. The number of hydrogen-bond donors (Lipinski definition) is 0. The summed E-state index contributed by atoms with van der Waals surface area (Å²) in [6, 6.07) is 0.0540. The summed E-state index contributed by atoms with van der Waals surface area (Å²) >= 11 is 6.10. The van der Waals surface area contributed by atoms with E-state index in [9.17, 15) is 8.42 Å². The number of unbranched alkanes of at least 4 members (excludes halogenated alkanes) is 6. The van der Waals surface area contributed by atoms with Crippen molar-refractivity contribution in [1.82, 2.24) is 19.5 Å². The first kappa shape index (κ1) is 22.0. The average molecular weight is 417 g/mol. The Morgan fingerprint density at radius 3 is 2.48 bits per heavy atom. The van der Waals surface area contributed by atoms with Crippen LogP contribution in [0.4, 0.5) is 0 Å². The van der Waals surface area contributed by atoms with E-state index in [1.807, 2.05) is 4.57 Å². The number of fused-ring (bicyclic) bond motifs is 1. The molecule has 2 aromatic rings. The molecule has 2 rings (SSSR count). The van der Waals surface area contributed by atoms with Crippen LogP contribution in [-0.4, -0.2) is 40.8 Å². The lowest BCUT2D eigenvalue weighted by Gasteiger charge is -2.19. The zero-order valence-electron chi connectivity index (χ0n) is 16.1. The molecule has 27 heavy (non-hydrogen) atoms. The summed E-state index contributed by atoms with van der Waals surface area (Å²) in [5.74, 6) is 0. The Bertz CT molecular complexity index is 810. The number of aromatic nitrogens is 4. The normalized spacial score (nSPS) is 13.3. The van der Waals surface area contributed by atoms with Crippen LogP contribution in [0.2, 0.25) is 5.15 Å². The lowest BCUT2D eigenvalue weighted by atomic mass is 10.0. The van der Waals surface area contributed by atoms with Crippen molar-refractivity contribution in [1.29, 1.82) is 0 Å². The molecular formula is C18H29ClN4O3S. The van der Waals surface area contributed by atoms with Crippen LogP contribution in [0.25, 0.3) is 11.2 Å². The van der Waals surface area contributed by atoms with Crippen molar-refractivity contribution < 1.29 is 12.6 Å². The first-order valence-electron chi connectivity index (χ1n) is 9.59. The second-order valence-electron chi connectivity index (χ2n) is 6.87. The first-order chi connectivity index (χ1) is 12.9. The summed E-state index contributed by atoms with van der Waals surface area (Å²) in [6.45, 7) is 2.35. The molecule has 2 heterocycles. The second-order valence-corrected chi connectivity index (χ2v) is 8.87. The van der Waals surface area contributed by atoms with Crippen LogP contribution in [0.15, 0.2) is 12.7 Å². The molecule has 0 unspecified atom stereocenters. The van der Waals surface area contributed by atoms with Gasteiger partial charge in [0, 0.05) is 6.04 Å². The van der Waals surface area contributed by atoms with Gasteiger partial charge in [-0.15, -0.1) is 0 Å². The van der Waals surface area contributed by atoms with Gasteiger partial charge in [-0.25, -0.2) is 15.0 Å². The number of rotatable bonds is 13. The summed E-state index contributed by atoms with van der Waals surface area (Å²) < 4.78 is 29.4. The Morgan fingerprint density at radius 1 is 1.07 bits per heavy atom. The van der Waals surface area contributed by atoms with Crippen molar-refractivity contribution in [2.24, 2.45) is 0 Å². The van der Waals surface area contributed by atoms with Gasteiger partial charge in [-0.05, 0) is 12.8 Å². The van der Waals surface area contributed by atoms with E-state index in [2.05, 4.69) is 21.9 Å². The minimum Gasteiger partial charge on any atom is -0.312 e. The Morgan fingerprint density at radius 2 is 1.78 bits per heavy atom. The SMILES string of the molecule is CCCCCCCCC[C@H](CCOS(C)(=O)=O)n1cnc2c(Cl)ncnc21. The zero-order chi connectivity index (χ0) is 19.7. The maximum atomic E-state index is 11.3. The molecule has 7 nitrogen and oxygen atoms in total. The van der Waals surface area contributed by atoms with Gasteiger partial charge in [-0.1, -0.05) is 63.5 Å². The van der Waals surface area contributed by atoms with Crippen LogP contribution < -0.4 is 0 Å². The highest BCUT2D eigenvalue weighted by atomic mass is 35.5. The van der Waals surface area contributed by atoms with Crippen molar-refractivity contribution >= 4 is 32.9 Å². The molecule has 0 bridgehead atoms. The van der Waals surface area contributed by atoms with Crippen LogP contribution in [0.1, 0.15) is 70.8 Å². The van der Waals surface area contributed by atoms with Gasteiger partial charge >= 0.3 is 0 Å². The van der Waals surface area contributed by atoms with Gasteiger partial charge in [0.1, 0.15) is 11.8 Å². The topological polar surface area (TPSA) is 87.0 Å². The monoisotopic (exact) mass is 416 g/mol. The molecule has 0 saturated heterocycles. The fourth-order valence-electron chi connectivity index (χ4n) is 3.19. The highest BCUT2D eigenvalue weighted by molar-refractivity contribution is 7.85. The van der Waals surface area contributed by atoms with Crippen molar-refractivity contribution in [3.63, 3.8) is 0 Å². The molecule has 0 spiro atoms. The molecule has 0 aliphatic carbocycles. The minimum absolute atomic E-state index is 0.0540. The highest BCUT2D eigenvalue weighted by Crippen LogP contribution is 2.26. The summed E-state index contributed by atoms with van der Waals surface area (Å²) in [5, 5.41) is 0.320. The van der Waals surface area contributed by atoms with Crippen molar-refractivity contribution in [2.75, 3.05) is 12.9 Å². The molecule has 2 aromatic heterocycles. The van der Waals surface area contributed by atoms with Gasteiger partial charge in [-0.3, -0.25) is 4.18 Å². The molecule has 0 aromatic carbocycles. The number of nitrogens with zero attached hydrogens (tertiary/aromatic N) is 4. The lowest BCUT2D eigenvalue weighted by molar-refractivity contribution is 0.276. The van der Waals surface area contributed by atoms with E-state index in [4.69, 9.17) is 15.8 Å². The van der Waals surface area contributed by atoms with Crippen LogP contribution in [-0.2, 0) is 14.3 Å². The standard InChI is InChI=1S/C18H29ClN4O3S/c1-3-4-5-6-7-8-9-10-15(11-12-26-27(2,24)25)23-14-22-16-17(19)20-13-21-18(16)23/h13-15H,3-12H2,1-2H3/t15-/m1/s1. The Hall–Kier alpha value is -1.25. The largest absolute Gasteiger partial charge is 0.312 e.